The average molecular weight is 232 g/mol. The van der Waals surface area contributed by atoms with Crippen LogP contribution in [0.25, 0.3) is 0 Å². The third-order valence-corrected chi connectivity index (χ3v) is 2.85. The lowest BCUT2D eigenvalue weighted by Crippen LogP contribution is -2.38. The number of benzene rings is 1. The molecular formula is C13H16N2O2. The first kappa shape index (κ1) is 13.4. The fourth-order valence-electron chi connectivity index (χ4n) is 1.62. The predicted octanol–water partition coefficient (Wildman–Crippen LogP) is 3.33. The van der Waals surface area contributed by atoms with Crippen molar-refractivity contribution < 1.29 is 10.1 Å². The summed E-state index contributed by atoms with van der Waals surface area (Å²) >= 11 is 0. The minimum absolute atomic E-state index is 0.191. The lowest BCUT2D eigenvalue weighted by molar-refractivity contribution is -0.301. The molecule has 0 bridgehead atoms. The van der Waals surface area contributed by atoms with Gasteiger partial charge < -0.3 is 0 Å². The van der Waals surface area contributed by atoms with Gasteiger partial charge in [-0.15, -0.1) is 0 Å². The first-order chi connectivity index (χ1) is 8.22. The van der Waals surface area contributed by atoms with Crippen molar-refractivity contribution in [1.29, 1.82) is 5.26 Å². The first-order valence-electron chi connectivity index (χ1n) is 5.59. The van der Waals surface area contributed by atoms with E-state index in [2.05, 4.69) is 9.88 Å². The van der Waals surface area contributed by atoms with Crippen LogP contribution in [0.15, 0.2) is 35.3 Å². The van der Waals surface area contributed by atoms with Gasteiger partial charge in [-0.25, -0.2) is 9.88 Å². The molecule has 0 aliphatic carbocycles. The van der Waals surface area contributed by atoms with E-state index in [1.54, 1.807) is 12.1 Å². The minimum Gasteiger partial charge on any atom is -0.251 e. The molecule has 0 saturated heterocycles. The van der Waals surface area contributed by atoms with Crippen LogP contribution in [0.1, 0.15) is 26.7 Å². The zero-order chi connectivity index (χ0) is 12.7. The number of nitriles is 1. The zero-order valence-corrected chi connectivity index (χ0v) is 10.1. The highest BCUT2D eigenvalue weighted by Crippen LogP contribution is 2.24. The van der Waals surface area contributed by atoms with Crippen molar-refractivity contribution in [3.63, 3.8) is 0 Å². The van der Waals surface area contributed by atoms with Crippen molar-refractivity contribution in [2.45, 2.75) is 32.3 Å². The minimum atomic E-state index is -1.01. The molecular weight excluding hydrogens is 216 g/mol. The van der Waals surface area contributed by atoms with Gasteiger partial charge in [-0.1, -0.05) is 32.0 Å². The topological polar surface area (TPSA) is 65.6 Å². The first-order valence-corrected chi connectivity index (χ1v) is 5.59. The van der Waals surface area contributed by atoms with Crippen LogP contribution in [0.2, 0.25) is 0 Å². The molecule has 1 aromatic carbocycles. The largest absolute Gasteiger partial charge is 0.251 e. The molecule has 0 aromatic heterocycles. The van der Waals surface area contributed by atoms with Crippen LogP contribution in [0, 0.1) is 11.3 Å². The Hall–Kier alpha value is -1.70. The van der Waals surface area contributed by atoms with Crippen molar-refractivity contribution in [1.82, 2.24) is 0 Å². The van der Waals surface area contributed by atoms with E-state index < -0.39 is 5.60 Å². The summed E-state index contributed by atoms with van der Waals surface area (Å²) in [5.74, 6) is 0. The fourth-order valence-corrected chi connectivity index (χ4v) is 1.62. The third-order valence-electron chi connectivity index (χ3n) is 2.85. The van der Waals surface area contributed by atoms with Gasteiger partial charge in [-0.05, 0) is 25.0 Å². The van der Waals surface area contributed by atoms with Crippen molar-refractivity contribution >= 4 is 11.4 Å². The van der Waals surface area contributed by atoms with Gasteiger partial charge in [0.05, 0.1) is 5.69 Å². The van der Waals surface area contributed by atoms with Crippen molar-refractivity contribution in [2.24, 2.45) is 4.99 Å². The molecule has 0 saturated carbocycles. The van der Waals surface area contributed by atoms with Crippen LogP contribution in [-0.2, 0) is 4.89 Å². The molecule has 0 aliphatic rings. The van der Waals surface area contributed by atoms with E-state index in [9.17, 15) is 0 Å². The maximum Gasteiger partial charge on any atom is 0.155 e. The molecule has 1 N–H and O–H groups in total. The van der Waals surface area contributed by atoms with Crippen LogP contribution in [0.5, 0.6) is 0 Å². The van der Waals surface area contributed by atoms with Crippen LogP contribution in [-0.4, -0.2) is 16.6 Å². The second kappa shape index (κ2) is 6.14. The number of hydrogen-bond acceptors (Lipinski definition) is 4. The molecule has 0 radical (unpaired) electrons. The van der Waals surface area contributed by atoms with E-state index in [0.717, 1.165) is 0 Å². The van der Waals surface area contributed by atoms with E-state index in [-0.39, 0.29) is 5.71 Å². The van der Waals surface area contributed by atoms with E-state index >= 15 is 0 Å². The Morgan fingerprint density at radius 2 is 1.94 bits per heavy atom. The van der Waals surface area contributed by atoms with Crippen molar-refractivity contribution in [3.8, 4) is 6.07 Å². The molecule has 0 unspecified atom stereocenters. The van der Waals surface area contributed by atoms with Crippen LogP contribution < -0.4 is 0 Å². The van der Waals surface area contributed by atoms with E-state index in [1.807, 2.05) is 38.1 Å². The summed E-state index contributed by atoms with van der Waals surface area (Å²) in [5, 5.41) is 18.2. The average Bonchev–Trinajstić information content (AvgIpc) is 2.41. The van der Waals surface area contributed by atoms with Crippen molar-refractivity contribution in [2.75, 3.05) is 0 Å². The second-order valence-corrected chi connectivity index (χ2v) is 3.70. The molecule has 1 aromatic rings. The van der Waals surface area contributed by atoms with E-state index in [4.69, 9.17) is 10.5 Å². The monoisotopic (exact) mass is 232 g/mol. The van der Waals surface area contributed by atoms with Crippen LogP contribution in [0.4, 0.5) is 5.69 Å². The molecule has 0 amide bonds. The van der Waals surface area contributed by atoms with Gasteiger partial charge in [-0.2, -0.15) is 5.26 Å². The number of para-hydroxylation sites is 1. The van der Waals surface area contributed by atoms with Crippen LogP contribution >= 0.6 is 0 Å². The fraction of sp³-hybridized carbons (Fsp3) is 0.385. The summed E-state index contributed by atoms with van der Waals surface area (Å²) in [6, 6.07) is 11.2. The third kappa shape index (κ3) is 2.90. The summed E-state index contributed by atoms with van der Waals surface area (Å²) in [6.07, 6.45) is 0.971. The molecule has 0 atom stereocenters. The SMILES string of the molecule is CCC(CC)(OO)C(C#N)=Nc1ccccc1. The summed E-state index contributed by atoms with van der Waals surface area (Å²) in [6.45, 7) is 3.69. The van der Waals surface area contributed by atoms with Gasteiger partial charge in [0.2, 0.25) is 0 Å². The molecule has 4 heteroatoms. The summed E-state index contributed by atoms with van der Waals surface area (Å²) in [5.41, 5.74) is -0.145. The Labute approximate surface area is 101 Å². The van der Waals surface area contributed by atoms with Gasteiger partial charge >= 0.3 is 0 Å². The van der Waals surface area contributed by atoms with Gasteiger partial charge in [0, 0.05) is 0 Å². The highest BCUT2D eigenvalue weighted by Gasteiger charge is 2.34. The van der Waals surface area contributed by atoms with Gasteiger partial charge in [0.25, 0.3) is 0 Å². The lowest BCUT2D eigenvalue weighted by Gasteiger charge is -2.25. The molecule has 1 rings (SSSR count). The molecule has 0 heterocycles. The maximum atomic E-state index is 9.14. The Bertz CT molecular complexity index is 409. The van der Waals surface area contributed by atoms with Gasteiger partial charge in [0.15, 0.2) is 11.3 Å². The number of nitrogens with zero attached hydrogens (tertiary/aromatic N) is 2. The molecule has 0 spiro atoms. The molecule has 0 aliphatic heterocycles. The van der Waals surface area contributed by atoms with Crippen LogP contribution in [0.3, 0.4) is 0 Å². The lowest BCUT2D eigenvalue weighted by atomic mass is 9.92. The summed E-state index contributed by atoms with van der Waals surface area (Å²) < 4.78 is 0. The summed E-state index contributed by atoms with van der Waals surface area (Å²) in [7, 11) is 0. The smallest absolute Gasteiger partial charge is 0.155 e. The zero-order valence-electron chi connectivity index (χ0n) is 10.1. The Kier molecular flexibility index (Phi) is 4.83. The molecule has 4 nitrogen and oxygen atoms in total. The Morgan fingerprint density at radius 1 is 1.35 bits per heavy atom. The van der Waals surface area contributed by atoms with Gasteiger partial charge in [-0.3, -0.25) is 5.26 Å². The standard InChI is InChI=1S/C13H16N2O2/c1-3-13(4-2,17-16)12(10-14)15-11-8-6-5-7-9-11/h5-9,16H,3-4H2,1-2H3. The molecule has 0 fully saturated rings. The quantitative estimate of drug-likeness (QED) is 0.481. The predicted molar refractivity (Wildman–Crippen MR) is 66.2 cm³/mol. The number of hydrogen-bond donors (Lipinski definition) is 1. The molecule has 90 valence electrons. The van der Waals surface area contributed by atoms with E-state index in [1.165, 1.54) is 0 Å². The van der Waals surface area contributed by atoms with Crippen molar-refractivity contribution in [3.05, 3.63) is 30.3 Å². The molecule has 17 heavy (non-hydrogen) atoms. The Morgan fingerprint density at radius 3 is 2.35 bits per heavy atom. The highest BCUT2D eigenvalue weighted by atomic mass is 17.1. The number of aliphatic imine (C=N–C) groups is 1. The van der Waals surface area contributed by atoms with E-state index in [0.29, 0.717) is 18.5 Å². The Balaban J connectivity index is 3.15. The summed E-state index contributed by atoms with van der Waals surface area (Å²) in [4.78, 5) is 8.74. The highest BCUT2D eigenvalue weighted by molar-refractivity contribution is 6.06. The normalized spacial score (nSPS) is 12.2. The van der Waals surface area contributed by atoms with Gasteiger partial charge in [0.1, 0.15) is 6.07 Å². The maximum absolute atomic E-state index is 9.14. The number of rotatable bonds is 5. The second-order valence-electron chi connectivity index (χ2n) is 3.70.